The van der Waals surface area contributed by atoms with Gasteiger partial charge in [0.15, 0.2) is 0 Å². The second-order valence-corrected chi connectivity index (χ2v) is 4.72. The molecule has 0 amide bonds. The number of halogens is 1. The molecule has 1 saturated heterocycles. The largest absolute Gasteiger partial charge is 0.489 e. The van der Waals surface area contributed by atoms with Crippen LogP contribution in [0.2, 0.25) is 0 Å². The lowest BCUT2D eigenvalue weighted by atomic mass is 10.1. The van der Waals surface area contributed by atoms with Crippen molar-refractivity contribution in [2.24, 2.45) is 0 Å². The van der Waals surface area contributed by atoms with Gasteiger partial charge in [0.25, 0.3) is 0 Å². The minimum absolute atomic E-state index is 0.283. The molecular weight excluding hydrogens is 268 g/mol. The summed E-state index contributed by atoms with van der Waals surface area (Å²) in [4.78, 5) is 0. The highest BCUT2D eigenvalue weighted by molar-refractivity contribution is 9.10. The van der Waals surface area contributed by atoms with E-state index >= 15 is 0 Å². The van der Waals surface area contributed by atoms with Crippen molar-refractivity contribution in [3.05, 3.63) is 40.9 Å². The molecule has 3 rings (SSSR count). The van der Waals surface area contributed by atoms with Gasteiger partial charge in [-0.1, -0.05) is 30.3 Å². The van der Waals surface area contributed by atoms with Crippen LogP contribution in [-0.4, -0.2) is 19.3 Å². The molecular formula is C13H11BrO2. The van der Waals surface area contributed by atoms with Gasteiger partial charge in [-0.25, -0.2) is 0 Å². The summed E-state index contributed by atoms with van der Waals surface area (Å²) in [5.41, 5.74) is 0. The smallest absolute Gasteiger partial charge is 0.141 e. The molecule has 1 aliphatic rings. The van der Waals surface area contributed by atoms with E-state index in [0.717, 1.165) is 22.2 Å². The maximum atomic E-state index is 5.80. The second kappa shape index (κ2) is 4.07. The van der Waals surface area contributed by atoms with E-state index in [1.165, 1.54) is 5.39 Å². The normalized spacial score (nSPS) is 18.7. The SMILES string of the molecule is Brc1ccc2ccccc2c1OCC1CO1. The van der Waals surface area contributed by atoms with Crippen LogP contribution in [-0.2, 0) is 4.74 Å². The third-order valence-corrected chi connectivity index (χ3v) is 3.27. The molecule has 0 radical (unpaired) electrons. The molecule has 0 bridgehead atoms. The zero-order chi connectivity index (χ0) is 11.0. The molecule has 1 unspecified atom stereocenters. The van der Waals surface area contributed by atoms with Gasteiger partial charge in [0.1, 0.15) is 18.5 Å². The molecule has 0 aliphatic carbocycles. The summed E-state index contributed by atoms with van der Waals surface area (Å²) in [6, 6.07) is 12.3. The number of hydrogen-bond acceptors (Lipinski definition) is 2. The van der Waals surface area contributed by atoms with Crippen LogP contribution >= 0.6 is 15.9 Å². The molecule has 1 aliphatic heterocycles. The number of ether oxygens (including phenoxy) is 2. The molecule has 1 atom stereocenters. The fraction of sp³-hybridized carbons (Fsp3) is 0.231. The third-order valence-electron chi connectivity index (χ3n) is 2.65. The van der Waals surface area contributed by atoms with Crippen LogP contribution in [0, 0.1) is 0 Å². The predicted octanol–water partition coefficient (Wildman–Crippen LogP) is 3.38. The van der Waals surface area contributed by atoms with Gasteiger partial charge in [-0.05, 0) is 27.4 Å². The standard InChI is InChI=1S/C13H11BrO2/c14-12-6-5-9-3-1-2-4-11(9)13(12)16-8-10-7-15-10/h1-6,10H,7-8H2. The molecule has 0 spiro atoms. The van der Waals surface area contributed by atoms with Gasteiger partial charge in [0, 0.05) is 5.39 Å². The maximum Gasteiger partial charge on any atom is 0.141 e. The van der Waals surface area contributed by atoms with Crippen LogP contribution in [0.1, 0.15) is 0 Å². The molecule has 2 aromatic rings. The summed E-state index contributed by atoms with van der Waals surface area (Å²) in [6.45, 7) is 1.45. The topological polar surface area (TPSA) is 21.8 Å². The molecule has 1 fully saturated rings. The molecule has 0 aromatic heterocycles. The van der Waals surface area contributed by atoms with E-state index in [1.807, 2.05) is 18.2 Å². The first kappa shape index (κ1) is 10.1. The summed E-state index contributed by atoms with van der Waals surface area (Å²) in [5.74, 6) is 0.911. The lowest BCUT2D eigenvalue weighted by Gasteiger charge is -2.10. The lowest BCUT2D eigenvalue weighted by Crippen LogP contribution is -2.04. The van der Waals surface area contributed by atoms with Gasteiger partial charge < -0.3 is 9.47 Å². The van der Waals surface area contributed by atoms with Gasteiger partial charge in [0.2, 0.25) is 0 Å². The first-order valence-electron chi connectivity index (χ1n) is 5.26. The van der Waals surface area contributed by atoms with Gasteiger partial charge in [-0.2, -0.15) is 0 Å². The van der Waals surface area contributed by atoms with Crippen LogP contribution in [0.4, 0.5) is 0 Å². The first-order valence-corrected chi connectivity index (χ1v) is 6.05. The Kier molecular flexibility index (Phi) is 2.58. The number of rotatable bonds is 3. The van der Waals surface area contributed by atoms with Crippen molar-refractivity contribution in [1.82, 2.24) is 0 Å². The Morgan fingerprint density at radius 3 is 2.88 bits per heavy atom. The van der Waals surface area contributed by atoms with E-state index in [0.29, 0.717) is 6.61 Å². The molecule has 0 N–H and O–H groups in total. The average molecular weight is 279 g/mol. The van der Waals surface area contributed by atoms with Crippen LogP contribution < -0.4 is 4.74 Å². The van der Waals surface area contributed by atoms with Gasteiger partial charge in [-0.3, -0.25) is 0 Å². The van der Waals surface area contributed by atoms with Crippen LogP contribution in [0.15, 0.2) is 40.9 Å². The molecule has 2 aromatic carbocycles. The van der Waals surface area contributed by atoms with Gasteiger partial charge in [0.05, 0.1) is 11.1 Å². The highest BCUT2D eigenvalue weighted by Gasteiger charge is 2.23. The zero-order valence-electron chi connectivity index (χ0n) is 8.65. The molecule has 0 saturated carbocycles. The van der Waals surface area contributed by atoms with Crippen molar-refractivity contribution in [3.63, 3.8) is 0 Å². The summed E-state index contributed by atoms with van der Waals surface area (Å²) < 4.78 is 11.9. The number of benzene rings is 2. The van der Waals surface area contributed by atoms with Crippen LogP contribution in [0.25, 0.3) is 10.8 Å². The molecule has 2 nitrogen and oxygen atoms in total. The minimum Gasteiger partial charge on any atom is -0.489 e. The van der Waals surface area contributed by atoms with Crippen LogP contribution in [0.3, 0.4) is 0 Å². The average Bonchev–Trinajstić information content (AvgIpc) is 3.12. The Morgan fingerprint density at radius 2 is 2.06 bits per heavy atom. The lowest BCUT2D eigenvalue weighted by molar-refractivity contribution is 0.264. The monoisotopic (exact) mass is 278 g/mol. The zero-order valence-corrected chi connectivity index (χ0v) is 10.2. The summed E-state index contributed by atoms with van der Waals surface area (Å²) in [6.07, 6.45) is 0.283. The van der Waals surface area contributed by atoms with E-state index in [9.17, 15) is 0 Å². The number of hydrogen-bond donors (Lipinski definition) is 0. The van der Waals surface area contributed by atoms with E-state index in [1.54, 1.807) is 0 Å². The van der Waals surface area contributed by atoms with Crippen molar-refractivity contribution in [1.29, 1.82) is 0 Å². The Labute approximate surface area is 102 Å². The van der Waals surface area contributed by atoms with Crippen molar-refractivity contribution >= 4 is 26.7 Å². The maximum absolute atomic E-state index is 5.80. The van der Waals surface area contributed by atoms with E-state index < -0.39 is 0 Å². The summed E-state index contributed by atoms with van der Waals surface area (Å²) in [5, 5.41) is 2.33. The number of fused-ring (bicyclic) bond motifs is 1. The predicted molar refractivity (Wildman–Crippen MR) is 66.9 cm³/mol. The van der Waals surface area contributed by atoms with Crippen molar-refractivity contribution in [2.75, 3.05) is 13.2 Å². The third kappa shape index (κ3) is 1.93. The van der Waals surface area contributed by atoms with Crippen molar-refractivity contribution < 1.29 is 9.47 Å². The van der Waals surface area contributed by atoms with Crippen LogP contribution in [0.5, 0.6) is 5.75 Å². The fourth-order valence-corrected chi connectivity index (χ4v) is 2.16. The fourth-order valence-electron chi connectivity index (χ4n) is 1.70. The molecule has 1 heterocycles. The Bertz CT molecular complexity index is 520. The summed E-state index contributed by atoms with van der Waals surface area (Å²) >= 11 is 3.52. The Hall–Kier alpha value is -1.06. The highest BCUT2D eigenvalue weighted by atomic mass is 79.9. The van der Waals surface area contributed by atoms with Crippen molar-refractivity contribution in [2.45, 2.75) is 6.10 Å². The minimum atomic E-state index is 0.283. The Morgan fingerprint density at radius 1 is 1.25 bits per heavy atom. The van der Waals surface area contributed by atoms with E-state index in [4.69, 9.17) is 9.47 Å². The van der Waals surface area contributed by atoms with Gasteiger partial charge >= 0.3 is 0 Å². The van der Waals surface area contributed by atoms with Crippen molar-refractivity contribution in [3.8, 4) is 5.75 Å². The van der Waals surface area contributed by atoms with E-state index in [2.05, 4.69) is 34.1 Å². The highest BCUT2D eigenvalue weighted by Crippen LogP contribution is 2.34. The molecule has 82 valence electrons. The summed E-state index contributed by atoms with van der Waals surface area (Å²) in [7, 11) is 0. The Balaban J connectivity index is 2.01. The first-order chi connectivity index (χ1) is 7.84. The second-order valence-electron chi connectivity index (χ2n) is 3.86. The molecule has 16 heavy (non-hydrogen) atoms. The quantitative estimate of drug-likeness (QED) is 0.803. The molecule has 3 heteroatoms. The number of epoxide rings is 1. The van der Waals surface area contributed by atoms with Gasteiger partial charge in [-0.15, -0.1) is 0 Å². The van der Waals surface area contributed by atoms with E-state index in [-0.39, 0.29) is 6.10 Å².